The van der Waals surface area contributed by atoms with E-state index >= 15 is 0 Å². The third-order valence-corrected chi connectivity index (χ3v) is 12.8. The number of nitrogens with two attached hydrogens (primary N) is 1. The number of aromatic amines is 1. The summed E-state index contributed by atoms with van der Waals surface area (Å²) in [4.78, 5) is 136. The summed E-state index contributed by atoms with van der Waals surface area (Å²) in [6.45, 7) is 2.40. The van der Waals surface area contributed by atoms with Crippen molar-refractivity contribution in [3.8, 4) is 5.75 Å². The van der Waals surface area contributed by atoms with E-state index < -0.39 is 121 Å². The Morgan fingerprint density at radius 2 is 1.26 bits per heavy atom. The number of phenolic OH excluding ortho intramolecular Hbond substituents is 1. The lowest BCUT2D eigenvalue weighted by Crippen LogP contribution is -2.59. The average molecular weight is 1060 g/mol. The molecule has 0 aliphatic carbocycles. The van der Waals surface area contributed by atoms with Gasteiger partial charge >= 0.3 is 17.9 Å². The Kier molecular flexibility index (Phi) is 21.6. The molecule has 1 heterocycles. The quantitative estimate of drug-likeness (QED) is 0.0322. The van der Waals surface area contributed by atoms with E-state index in [9.17, 15) is 63.3 Å². The van der Waals surface area contributed by atoms with Crippen molar-refractivity contribution in [2.24, 2.45) is 5.73 Å². The number of hydrogen-bond acceptors (Lipinski definition) is 12. The number of carbonyl (C=O) groups is 10. The summed E-state index contributed by atoms with van der Waals surface area (Å²) in [7, 11) is 1.30. The molecule has 1 aromatic heterocycles. The van der Waals surface area contributed by atoms with Gasteiger partial charge in [-0.3, -0.25) is 43.2 Å². The smallest absolute Gasteiger partial charge is 0.326 e. The molecule has 0 saturated heterocycles. The number of aliphatic carboxylic acids is 3. The number of carboxylic acids is 3. The lowest BCUT2D eigenvalue weighted by atomic mass is 9.98. The zero-order chi connectivity index (χ0) is 56.3. The van der Waals surface area contributed by atoms with Crippen LogP contribution in [0.1, 0.15) is 69.1 Å². The molecule has 77 heavy (non-hydrogen) atoms. The minimum atomic E-state index is -1.79. The molecule has 13 N–H and O–H groups in total. The highest BCUT2D eigenvalue weighted by atomic mass is 16.4. The van der Waals surface area contributed by atoms with Crippen molar-refractivity contribution in [1.29, 1.82) is 0 Å². The molecule has 0 fully saturated rings. The number of para-hydroxylation sites is 1. The number of aromatic nitrogens is 1. The van der Waals surface area contributed by atoms with E-state index in [2.05, 4.69) is 36.9 Å². The zero-order valence-electron chi connectivity index (χ0n) is 42.7. The number of benzene rings is 4. The Labute approximate surface area is 442 Å². The predicted octanol–water partition coefficient (Wildman–Crippen LogP) is 1.38. The van der Waals surface area contributed by atoms with Gasteiger partial charge in [0.05, 0.1) is 19.0 Å². The standard InChI is InChI=1S/C54H65N9O14/c1-4-5-17-44(52(74)61-41(27-47(68)69)51(73)62-43(54(76)77)25-33-13-10-12-32-11-6-7-14-36(32)33)63(3)53(75)42(26-34-28-56-39-16-9-8-15-37(34)39)59-45(65)29-57-50(72)40(24-31-18-20-35(64)21-19-31)60-48(70)30(2)58-49(71)38(55)22-23-46(66)67/h6-16,18-21,28,30,38,40-44,56,64H,4-5,17,22-27,29,55H2,1-3H3,(H,57,72)(H,58,71)(H,59,65)(H,60,70)(H,61,74)(H,62,73)(H,66,67)(H,68,69)(H,76,77)/t30-,38+,40-,41-,42-,43-,44-/m0/s1. The molecular weight excluding hydrogens is 999 g/mol. The normalized spacial score (nSPS) is 13.8. The first kappa shape index (κ1) is 59.0. The molecular formula is C54H65N9O14. The van der Waals surface area contributed by atoms with Gasteiger partial charge in [0.25, 0.3) is 0 Å². The Morgan fingerprint density at radius 1 is 0.623 bits per heavy atom. The number of amides is 7. The van der Waals surface area contributed by atoms with E-state index in [1.807, 2.05) is 25.1 Å². The van der Waals surface area contributed by atoms with Crippen LogP contribution in [0, 0.1) is 0 Å². The van der Waals surface area contributed by atoms with Gasteiger partial charge in [0, 0.05) is 49.8 Å². The molecule has 0 aliphatic heterocycles. The number of phenols is 1. The minimum absolute atomic E-state index is 0.0165. The molecule has 0 aliphatic rings. The molecule has 7 amide bonds. The van der Waals surface area contributed by atoms with Gasteiger partial charge in [0.15, 0.2) is 0 Å². The number of likely N-dealkylation sites (N-methyl/N-ethyl adjacent to an activating group) is 1. The third kappa shape index (κ3) is 17.4. The molecule has 23 nitrogen and oxygen atoms in total. The van der Waals surface area contributed by atoms with Gasteiger partial charge in [-0.1, -0.05) is 92.6 Å². The van der Waals surface area contributed by atoms with Crippen molar-refractivity contribution >= 4 is 80.9 Å². The van der Waals surface area contributed by atoms with Gasteiger partial charge in [-0.25, -0.2) is 4.79 Å². The SMILES string of the molecule is CCCC[C@@H](C(=O)N[C@@H](CC(=O)O)C(=O)N[C@@H](Cc1cccc2ccccc12)C(=O)O)N(C)C(=O)[C@H](Cc1c[nH]c2ccccc12)NC(=O)CNC(=O)[C@H](Cc1ccc(O)cc1)NC(=O)[C@H](C)NC(=O)[C@H](N)CCC(=O)O. The predicted molar refractivity (Wildman–Crippen MR) is 281 cm³/mol. The molecule has 0 spiro atoms. The second-order valence-electron chi connectivity index (χ2n) is 18.6. The maximum absolute atomic E-state index is 14.7. The molecule has 0 radical (unpaired) electrons. The fourth-order valence-corrected chi connectivity index (χ4v) is 8.54. The van der Waals surface area contributed by atoms with Gasteiger partial charge in [-0.15, -0.1) is 0 Å². The van der Waals surface area contributed by atoms with Gasteiger partial charge in [0.1, 0.15) is 42.0 Å². The van der Waals surface area contributed by atoms with Crippen LogP contribution in [0.25, 0.3) is 21.7 Å². The van der Waals surface area contributed by atoms with Crippen LogP contribution in [0.2, 0.25) is 0 Å². The van der Waals surface area contributed by atoms with Gasteiger partial charge < -0.3 is 67.9 Å². The number of unbranched alkanes of at least 4 members (excludes halogenated alkanes) is 1. The molecule has 5 rings (SSSR count). The number of H-pyrrole nitrogens is 1. The fourth-order valence-electron chi connectivity index (χ4n) is 8.54. The Balaban J connectivity index is 1.34. The number of carbonyl (C=O) groups excluding carboxylic acids is 7. The first-order chi connectivity index (χ1) is 36.6. The second-order valence-corrected chi connectivity index (χ2v) is 18.6. The van der Waals surface area contributed by atoms with E-state index in [4.69, 9.17) is 10.8 Å². The molecule has 7 atom stereocenters. The Morgan fingerprint density at radius 3 is 1.94 bits per heavy atom. The Bertz CT molecular complexity index is 2940. The van der Waals surface area contributed by atoms with Gasteiger partial charge in [-0.05, 0) is 65.4 Å². The summed E-state index contributed by atoms with van der Waals surface area (Å²) in [5.41, 5.74) is 8.17. The van der Waals surface area contributed by atoms with E-state index in [-0.39, 0.29) is 37.9 Å². The van der Waals surface area contributed by atoms with Crippen LogP contribution in [-0.2, 0) is 67.2 Å². The van der Waals surface area contributed by atoms with Crippen LogP contribution in [-0.4, -0.2) is 145 Å². The number of carboxylic acid groups (broad SMARTS) is 3. The monoisotopic (exact) mass is 1060 g/mol. The van der Waals surface area contributed by atoms with E-state index in [0.29, 0.717) is 40.4 Å². The summed E-state index contributed by atoms with van der Waals surface area (Å²) < 4.78 is 0. The highest BCUT2D eigenvalue weighted by Gasteiger charge is 2.36. The van der Waals surface area contributed by atoms with Crippen LogP contribution in [0.5, 0.6) is 5.75 Å². The van der Waals surface area contributed by atoms with Crippen LogP contribution < -0.4 is 37.6 Å². The first-order valence-corrected chi connectivity index (χ1v) is 24.9. The van der Waals surface area contributed by atoms with Crippen molar-refractivity contribution in [2.45, 2.75) is 114 Å². The molecule has 0 bridgehead atoms. The summed E-state index contributed by atoms with van der Waals surface area (Å²) in [6.07, 6.45) is 0.552. The molecule has 4 aromatic carbocycles. The van der Waals surface area contributed by atoms with Crippen molar-refractivity contribution in [1.82, 2.24) is 41.8 Å². The van der Waals surface area contributed by atoms with Crippen LogP contribution in [0.3, 0.4) is 0 Å². The molecule has 0 unspecified atom stereocenters. The van der Waals surface area contributed by atoms with Gasteiger partial charge in [-0.2, -0.15) is 0 Å². The number of fused-ring (bicyclic) bond motifs is 2. The summed E-state index contributed by atoms with van der Waals surface area (Å²) in [5, 5.41) is 56.0. The second kappa shape index (κ2) is 28.2. The highest BCUT2D eigenvalue weighted by Crippen LogP contribution is 2.22. The minimum Gasteiger partial charge on any atom is -0.508 e. The summed E-state index contributed by atoms with van der Waals surface area (Å²) in [5.74, 6) is -10.3. The number of rotatable bonds is 29. The number of nitrogens with one attached hydrogen (secondary N) is 7. The molecule has 410 valence electrons. The summed E-state index contributed by atoms with van der Waals surface area (Å²) in [6, 6.07) is 15.4. The van der Waals surface area contributed by atoms with Crippen LogP contribution in [0.15, 0.2) is 97.2 Å². The third-order valence-electron chi connectivity index (χ3n) is 12.8. The first-order valence-electron chi connectivity index (χ1n) is 24.9. The van der Waals surface area contributed by atoms with E-state index in [0.717, 1.165) is 15.7 Å². The summed E-state index contributed by atoms with van der Waals surface area (Å²) >= 11 is 0. The van der Waals surface area contributed by atoms with Crippen molar-refractivity contribution in [2.75, 3.05) is 13.6 Å². The molecule has 5 aromatic rings. The maximum Gasteiger partial charge on any atom is 0.326 e. The maximum atomic E-state index is 14.7. The molecule has 0 saturated carbocycles. The lowest BCUT2D eigenvalue weighted by Gasteiger charge is -2.32. The van der Waals surface area contributed by atoms with Crippen LogP contribution >= 0.6 is 0 Å². The zero-order valence-corrected chi connectivity index (χ0v) is 42.7. The van der Waals surface area contributed by atoms with Crippen molar-refractivity contribution in [3.05, 3.63) is 114 Å². The van der Waals surface area contributed by atoms with E-state index in [1.54, 1.807) is 54.7 Å². The number of nitrogens with zero attached hydrogens (tertiary/aromatic N) is 1. The van der Waals surface area contributed by atoms with E-state index in [1.165, 1.54) is 38.2 Å². The average Bonchev–Trinajstić information content (AvgIpc) is 3.81. The molecule has 23 heteroatoms. The van der Waals surface area contributed by atoms with Crippen molar-refractivity contribution in [3.63, 3.8) is 0 Å². The largest absolute Gasteiger partial charge is 0.508 e. The Hall–Kier alpha value is -8.86. The highest BCUT2D eigenvalue weighted by molar-refractivity contribution is 5.98. The topological polar surface area (TPSA) is 369 Å². The lowest BCUT2D eigenvalue weighted by molar-refractivity contribution is -0.145. The number of hydrogen-bond donors (Lipinski definition) is 12. The fraction of sp³-hybridized carbons (Fsp3) is 0.370. The van der Waals surface area contributed by atoms with Crippen LogP contribution in [0.4, 0.5) is 0 Å². The number of aromatic hydroxyl groups is 1. The van der Waals surface area contributed by atoms with Crippen molar-refractivity contribution < 1.29 is 68.4 Å². The van der Waals surface area contributed by atoms with Gasteiger partial charge in [0.2, 0.25) is 41.4 Å².